The van der Waals surface area contributed by atoms with Crippen LogP contribution in [0.25, 0.3) is 0 Å². The van der Waals surface area contributed by atoms with Crippen molar-refractivity contribution >= 4 is 12.4 Å². The number of hydrogen-bond donors (Lipinski definition) is 1. The first-order valence-electron chi connectivity index (χ1n) is 5.34. The summed E-state index contributed by atoms with van der Waals surface area (Å²) >= 11 is 0. The Hall–Kier alpha value is -1.51. The highest BCUT2D eigenvalue weighted by Gasteiger charge is 2.05. The first kappa shape index (κ1) is 13.6. The fourth-order valence-electron chi connectivity index (χ4n) is 1.50. The molecule has 17 heavy (non-hydrogen) atoms. The normalized spacial score (nSPS) is 11.4. The van der Waals surface area contributed by atoms with Gasteiger partial charge in [0, 0.05) is 0 Å². The molecule has 0 saturated carbocycles. The Balaban J connectivity index is 0.00000144. The molecule has 0 spiro atoms. The fraction of sp³-hybridized carbons (Fsp3) is 0.143. The van der Waals surface area contributed by atoms with Crippen LogP contribution < -0.4 is 10.5 Å². The molecular weight excluding hydrogens is 234 g/mol. The molecule has 0 aliphatic carbocycles. The Morgan fingerprint density at radius 3 is 2.00 bits per heavy atom. The van der Waals surface area contributed by atoms with Crippen molar-refractivity contribution in [1.29, 1.82) is 0 Å². The number of ether oxygens (including phenoxy) is 1. The summed E-state index contributed by atoms with van der Waals surface area (Å²) in [6.07, 6.45) is 0. The molecule has 2 N–H and O–H groups in total. The molecule has 2 aromatic carbocycles. The maximum atomic E-state index is 6.02. The minimum Gasteiger partial charge on any atom is -0.492 e. The molecule has 2 rings (SSSR count). The van der Waals surface area contributed by atoms with Crippen molar-refractivity contribution in [1.82, 2.24) is 0 Å². The highest BCUT2D eigenvalue weighted by Crippen LogP contribution is 2.13. The Morgan fingerprint density at radius 2 is 1.41 bits per heavy atom. The average Bonchev–Trinajstić information content (AvgIpc) is 2.38. The van der Waals surface area contributed by atoms with Crippen LogP contribution in [-0.2, 0) is 0 Å². The Morgan fingerprint density at radius 1 is 0.882 bits per heavy atom. The molecule has 0 amide bonds. The van der Waals surface area contributed by atoms with E-state index < -0.39 is 0 Å². The van der Waals surface area contributed by atoms with Crippen molar-refractivity contribution in [3.63, 3.8) is 0 Å². The molecule has 2 aromatic rings. The predicted molar refractivity (Wildman–Crippen MR) is 72.6 cm³/mol. The third kappa shape index (κ3) is 4.10. The van der Waals surface area contributed by atoms with Gasteiger partial charge in [-0.15, -0.1) is 12.4 Å². The summed E-state index contributed by atoms with van der Waals surface area (Å²) < 4.78 is 5.60. The smallest absolute Gasteiger partial charge is 0.119 e. The van der Waals surface area contributed by atoms with Crippen LogP contribution >= 0.6 is 12.4 Å². The second-order valence-corrected chi connectivity index (χ2v) is 3.64. The molecule has 0 bridgehead atoms. The van der Waals surface area contributed by atoms with Crippen molar-refractivity contribution in [2.24, 2.45) is 5.73 Å². The molecule has 0 saturated heterocycles. The summed E-state index contributed by atoms with van der Waals surface area (Å²) in [6, 6.07) is 19.6. The van der Waals surface area contributed by atoms with Gasteiger partial charge in [0.25, 0.3) is 0 Å². The quantitative estimate of drug-likeness (QED) is 0.903. The SMILES string of the molecule is Cl.NC(COc1ccccc1)c1ccccc1. The predicted octanol–water partition coefficient (Wildman–Crippen LogP) is 3.19. The number of para-hydroxylation sites is 1. The number of nitrogens with two attached hydrogens (primary N) is 1. The van der Waals surface area contributed by atoms with Crippen molar-refractivity contribution in [2.45, 2.75) is 6.04 Å². The van der Waals surface area contributed by atoms with Gasteiger partial charge in [-0.05, 0) is 17.7 Å². The lowest BCUT2D eigenvalue weighted by Crippen LogP contribution is -2.18. The molecule has 0 aliphatic heterocycles. The van der Waals surface area contributed by atoms with E-state index in [0.717, 1.165) is 11.3 Å². The highest BCUT2D eigenvalue weighted by molar-refractivity contribution is 5.85. The number of rotatable bonds is 4. The molecule has 90 valence electrons. The summed E-state index contributed by atoms with van der Waals surface area (Å²) in [5.74, 6) is 0.855. The van der Waals surface area contributed by atoms with E-state index in [-0.39, 0.29) is 18.4 Å². The topological polar surface area (TPSA) is 35.2 Å². The van der Waals surface area contributed by atoms with Crippen LogP contribution in [0, 0.1) is 0 Å². The summed E-state index contributed by atoms with van der Waals surface area (Å²) in [5, 5.41) is 0. The molecule has 1 unspecified atom stereocenters. The van der Waals surface area contributed by atoms with Crippen molar-refractivity contribution in [3.05, 3.63) is 66.2 Å². The van der Waals surface area contributed by atoms with Crippen molar-refractivity contribution in [3.8, 4) is 5.75 Å². The zero-order valence-electron chi connectivity index (χ0n) is 9.45. The standard InChI is InChI=1S/C14H15NO.ClH/c15-14(12-7-3-1-4-8-12)11-16-13-9-5-2-6-10-13;/h1-10,14H,11,15H2;1H. The van der Waals surface area contributed by atoms with Crippen LogP contribution in [0.1, 0.15) is 11.6 Å². The molecule has 3 heteroatoms. The van der Waals surface area contributed by atoms with E-state index in [1.807, 2.05) is 60.7 Å². The minimum atomic E-state index is -0.0820. The zero-order valence-corrected chi connectivity index (χ0v) is 10.3. The Bertz CT molecular complexity index is 419. The fourth-order valence-corrected chi connectivity index (χ4v) is 1.50. The largest absolute Gasteiger partial charge is 0.492 e. The third-order valence-electron chi connectivity index (χ3n) is 2.40. The lowest BCUT2D eigenvalue weighted by atomic mass is 10.1. The van der Waals surface area contributed by atoms with Gasteiger partial charge in [0.15, 0.2) is 0 Å². The van der Waals surface area contributed by atoms with Crippen molar-refractivity contribution < 1.29 is 4.74 Å². The van der Waals surface area contributed by atoms with Crippen LogP contribution in [0.5, 0.6) is 5.75 Å². The van der Waals surface area contributed by atoms with E-state index in [1.54, 1.807) is 0 Å². The molecule has 0 aromatic heterocycles. The lowest BCUT2D eigenvalue weighted by molar-refractivity contribution is 0.290. The minimum absolute atomic E-state index is 0. The second kappa shape index (κ2) is 6.94. The van der Waals surface area contributed by atoms with Gasteiger partial charge in [0.2, 0.25) is 0 Å². The van der Waals surface area contributed by atoms with E-state index in [9.17, 15) is 0 Å². The van der Waals surface area contributed by atoms with Crippen molar-refractivity contribution in [2.75, 3.05) is 6.61 Å². The lowest BCUT2D eigenvalue weighted by Gasteiger charge is -2.13. The van der Waals surface area contributed by atoms with Gasteiger partial charge in [-0.1, -0.05) is 48.5 Å². The van der Waals surface area contributed by atoms with E-state index in [4.69, 9.17) is 10.5 Å². The van der Waals surface area contributed by atoms with Gasteiger partial charge in [0.1, 0.15) is 12.4 Å². The monoisotopic (exact) mass is 249 g/mol. The van der Waals surface area contributed by atoms with E-state index in [2.05, 4.69) is 0 Å². The summed E-state index contributed by atoms with van der Waals surface area (Å²) in [6.45, 7) is 0.494. The zero-order chi connectivity index (χ0) is 11.2. The molecule has 0 heterocycles. The second-order valence-electron chi connectivity index (χ2n) is 3.64. The van der Waals surface area contributed by atoms with E-state index in [1.165, 1.54) is 0 Å². The van der Waals surface area contributed by atoms with Gasteiger partial charge in [-0.2, -0.15) is 0 Å². The molecule has 1 atom stereocenters. The Kier molecular flexibility index (Phi) is 5.53. The first-order valence-corrected chi connectivity index (χ1v) is 5.34. The highest BCUT2D eigenvalue weighted by atomic mass is 35.5. The molecular formula is C14H16ClNO. The van der Waals surface area contributed by atoms with Crippen LogP contribution in [0.4, 0.5) is 0 Å². The van der Waals surface area contributed by atoms with Crippen LogP contribution in [0.15, 0.2) is 60.7 Å². The molecule has 2 nitrogen and oxygen atoms in total. The van der Waals surface area contributed by atoms with Gasteiger partial charge in [0.05, 0.1) is 6.04 Å². The summed E-state index contributed by atoms with van der Waals surface area (Å²) in [4.78, 5) is 0. The molecule has 0 radical (unpaired) electrons. The number of hydrogen-bond acceptors (Lipinski definition) is 2. The third-order valence-corrected chi connectivity index (χ3v) is 2.40. The van der Waals surface area contributed by atoms with Gasteiger partial charge in [-0.25, -0.2) is 0 Å². The average molecular weight is 250 g/mol. The van der Waals surface area contributed by atoms with Gasteiger partial charge < -0.3 is 10.5 Å². The maximum absolute atomic E-state index is 6.02. The van der Waals surface area contributed by atoms with E-state index in [0.29, 0.717) is 6.61 Å². The first-order chi connectivity index (χ1) is 7.86. The van der Waals surface area contributed by atoms with Crippen LogP contribution in [0.2, 0.25) is 0 Å². The summed E-state index contributed by atoms with van der Waals surface area (Å²) in [7, 11) is 0. The van der Waals surface area contributed by atoms with Gasteiger partial charge >= 0.3 is 0 Å². The van der Waals surface area contributed by atoms with Crippen LogP contribution in [-0.4, -0.2) is 6.61 Å². The summed E-state index contributed by atoms with van der Waals surface area (Å²) in [5.41, 5.74) is 7.11. The van der Waals surface area contributed by atoms with Gasteiger partial charge in [-0.3, -0.25) is 0 Å². The molecule has 0 fully saturated rings. The molecule has 0 aliphatic rings. The Labute approximate surface area is 108 Å². The van der Waals surface area contributed by atoms with E-state index >= 15 is 0 Å². The number of halogens is 1. The number of benzene rings is 2. The van der Waals surface area contributed by atoms with Crippen LogP contribution in [0.3, 0.4) is 0 Å². The maximum Gasteiger partial charge on any atom is 0.119 e.